The first-order valence-corrected chi connectivity index (χ1v) is 12.1. The van der Waals surface area contributed by atoms with Crippen LogP contribution >= 0.6 is 0 Å². The SMILES string of the molecule is O=C(O[C@H]1CCCCCC[C@H]1OC(=O)c1cccc2ccccc12)c1cccc2ccccc12. The molecule has 0 heterocycles. The molecule has 0 N–H and O–H groups in total. The third-order valence-corrected chi connectivity index (χ3v) is 6.68. The number of carbonyl (C=O) groups is 2. The summed E-state index contributed by atoms with van der Waals surface area (Å²) < 4.78 is 12.1. The average molecular weight is 453 g/mol. The predicted octanol–water partition coefficient (Wildman–Crippen LogP) is 7.10. The first kappa shape index (κ1) is 22.1. The van der Waals surface area contributed by atoms with E-state index in [1.807, 2.05) is 72.8 Å². The van der Waals surface area contributed by atoms with E-state index in [1.54, 1.807) is 12.1 Å². The van der Waals surface area contributed by atoms with Crippen molar-refractivity contribution >= 4 is 33.5 Å². The summed E-state index contributed by atoms with van der Waals surface area (Å²) in [6.45, 7) is 0. The minimum absolute atomic E-state index is 0.367. The number of ether oxygens (including phenoxy) is 2. The maximum atomic E-state index is 13.2. The highest BCUT2D eigenvalue weighted by molar-refractivity contribution is 6.05. The van der Waals surface area contributed by atoms with E-state index >= 15 is 0 Å². The molecule has 4 aromatic rings. The van der Waals surface area contributed by atoms with E-state index in [-0.39, 0.29) is 11.9 Å². The van der Waals surface area contributed by atoms with Gasteiger partial charge in [0.25, 0.3) is 0 Å². The third-order valence-electron chi connectivity index (χ3n) is 6.68. The second kappa shape index (κ2) is 10.1. The van der Waals surface area contributed by atoms with E-state index in [1.165, 1.54) is 0 Å². The fraction of sp³-hybridized carbons (Fsp3) is 0.267. The zero-order chi connectivity index (χ0) is 23.3. The van der Waals surface area contributed by atoms with Crippen LogP contribution in [0.1, 0.15) is 59.2 Å². The molecule has 1 aliphatic carbocycles. The van der Waals surface area contributed by atoms with Gasteiger partial charge in [0.15, 0.2) is 0 Å². The zero-order valence-electron chi connectivity index (χ0n) is 19.1. The van der Waals surface area contributed by atoms with Gasteiger partial charge in [-0.1, -0.05) is 85.6 Å². The second-order valence-electron chi connectivity index (χ2n) is 8.93. The monoisotopic (exact) mass is 452 g/mol. The number of carbonyl (C=O) groups excluding carboxylic acids is 2. The topological polar surface area (TPSA) is 52.6 Å². The Morgan fingerprint density at radius 1 is 0.529 bits per heavy atom. The minimum atomic E-state index is -0.467. The summed E-state index contributed by atoms with van der Waals surface area (Å²) in [5, 5.41) is 3.72. The third kappa shape index (κ3) is 4.67. The second-order valence-corrected chi connectivity index (χ2v) is 8.93. The number of rotatable bonds is 4. The summed E-state index contributed by atoms with van der Waals surface area (Å²) in [6.07, 6.45) is 4.49. The number of fused-ring (bicyclic) bond motifs is 2. The lowest BCUT2D eigenvalue weighted by Gasteiger charge is -2.29. The van der Waals surface area contributed by atoms with Crippen LogP contribution in [0.4, 0.5) is 0 Å². The van der Waals surface area contributed by atoms with Gasteiger partial charge in [0.05, 0.1) is 11.1 Å². The summed E-state index contributed by atoms with van der Waals surface area (Å²) in [7, 11) is 0. The standard InChI is InChI=1S/C30H28O4/c31-29(25-17-9-13-21-11-5-7-15-23(21)25)33-27-19-3-1-2-4-20-28(27)34-30(32)26-18-10-14-22-12-6-8-16-24(22)26/h5-18,27-28H,1-4,19-20H2/t27-,28+. The molecule has 0 saturated heterocycles. The molecule has 4 nitrogen and oxygen atoms in total. The first-order valence-electron chi connectivity index (χ1n) is 12.1. The van der Waals surface area contributed by atoms with E-state index < -0.39 is 12.2 Å². The molecule has 34 heavy (non-hydrogen) atoms. The molecule has 2 atom stereocenters. The molecule has 5 rings (SSSR count). The quantitative estimate of drug-likeness (QED) is 0.310. The summed E-state index contributed by atoms with van der Waals surface area (Å²) >= 11 is 0. The molecule has 0 bridgehead atoms. The first-order chi connectivity index (χ1) is 16.7. The molecule has 1 fully saturated rings. The average Bonchev–Trinajstić information content (AvgIpc) is 2.87. The predicted molar refractivity (Wildman–Crippen MR) is 134 cm³/mol. The van der Waals surface area contributed by atoms with Crippen molar-refractivity contribution in [3.8, 4) is 0 Å². The van der Waals surface area contributed by atoms with Crippen LogP contribution in [-0.4, -0.2) is 24.1 Å². The van der Waals surface area contributed by atoms with Crippen molar-refractivity contribution in [1.82, 2.24) is 0 Å². The van der Waals surface area contributed by atoms with Crippen molar-refractivity contribution in [3.05, 3.63) is 96.1 Å². The molecular weight excluding hydrogens is 424 g/mol. The molecule has 172 valence electrons. The Kier molecular flexibility index (Phi) is 6.57. The van der Waals surface area contributed by atoms with Crippen molar-refractivity contribution in [2.45, 2.75) is 50.7 Å². The molecule has 0 unspecified atom stereocenters. The number of hydrogen-bond donors (Lipinski definition) is 0. The van der Waals surface area contributed by atoms with Gasteiger partial charge in [-0.2, -0.15) is 0 Å². The summed E-state index contributed by atoms with van der Waals surface area (Å²) in [5.41, 5.74) is 1.08. The molecule has 4 heteroatoms. The van der Waals surface area contributed by atoms with Gasteiger partial charge in [-0.15, -0.1) is 0 Å². The molecule has 0 radical (unpaired) electrons. The minimum Gasteiger partial charge on any atom is -0.455 e. The Labute approximate surface area is 199 Å². The van der Waals surface area contributed by atoms with Crippen molar-refractivity contribution < 1.29 is 19.1 Å². The lowest BCUT2D eigenvalue weighted by Crippen LogP contribution is -2.36. The molecule has 0 amide bonds. The molecule has 0 spiro atoms. The molecular formula is C30H28O4. The van der Waals surface area contributed by atoms with Crippen molar-refractivity contribution in [2.75, 3.05) is 0 Å². The lowest BCUT2D eigenvalue weighted by molar-refractivity contribution is -0.0444. The van der Waals surface area contributed by atoms with Crippen molar-refractivity contribution in [2.24, 2.45) is 0 Å². The van der Waals surface area contributed by atoms with Crippen molar-refractivity contribution in [1.29, 1.82) is 0 Å². The van der Waals surface area contributed by atoms with E-state index in [0.29, 0.717) is 24.0 Å². The van der Waals surface area contributed by atoms with Gasteiger partial charge in [0.2, 0.25) is 0 Å². The van der Waals surface area contributed by atoms with Crippen LogP contribution < -0.4 is 0 Å². The highest BCUT2D eigenvalue weighted by Crippen LogP contribution is 2.27. The van der Waals surface area contributed by atoms with Gasteiger partial charge in [-0.3, -0.25) is 0 Å². The Morgan fingerprint density at radius 3 is 1.41 bits per heavy atom. The number of esters is 2. The molecule has 0 aromatic heterocycles. The maximum Gasteiger partial charge on any atom is 0.339 e. The van der Waals surface area contributed by atoms with E-state index in [0.717, 1.165) is 47.2 Å². The van der Waals surface area contributed by atoms with E-state index in [9.17, 15) is 9.59 Å². The largest absolute Gasteiger partial charge is 0.455 e. The van der Waals surface area contributed by atoms with Crippen LogP contribution in [0, 0.1) is 0 Å². The van der Waals surface area contributed by atoms with Gasteiger partial charge in [0.1, 0.15) is 12.2 Å². The molecule has 4 aromatic carbocycles. The Balaban J connectivity index is 1.39. The highest BCUT2D eigenvalue weighted by Gasteiger charge is 2.31. The zero-order valence-corrected chi connectivity index (χ0v) is 19.1. The van der Waals surface area contributed by atoms with Gasteiger partial charge in [-0.05, 0) is 59.4 Å². The highest BCUT2D eigenvalue weighted by atomic mass is 16.6. The normalized spacial score (nSPS) is 18.7. The van der Waals surface area contributed by atoms with Gasteiger partial charge < -0.3 is 9.47 Å². The van der Waals surface area contributed by atoms with E-state index in [2.05, 4.69) is 0 Å². The van der Waals surface area contributed by atoms with Gasteiger partial charge in [0, 0.05) is 0 Å². The van der Waals surface area contributed by atoms with E-state index in [4.69, 9.17) is 9.47 Å². The summed E-state index contributed by atoms with van der Waals surface area (Å²) in [6, 6.07) is 26.9. The fourth-order valence-corrected chi connectivity index (χ4v) is 4.89. The van der Waals surface area contributed by atoms with Gasteiger partial charge in [-0.25, -0.2) is 9.59 Å². The summed E-state index contributed by atoms with van der Waals surface area (Å²) in [4.78, 5) is 26.5. The molecule has 0 aliphatic heterocycles. The Hall–Kier alpha value is -3.66. The Morgan fingerprint density at radius 2 is 0.941 bits per heavy atom. The van der Waals surface area contributed by atoms with Gasteiger partial charge >= 0.3 is 11.9 Å². The van der Waals surface area contributed by atoms with Crippen molar-refractivity contribution in [3.63, 3.8) is 0 Å². The molecule has 1 saturated carbocycles. The summed E-state index contributed by atoms with van der Waals surface area (Å²) in [5.74, 6) is -0.734. The lowest BCUT2D eigenvalue weighted by atomic mass is 9.95. The van der Waals surface area contributed by atoms with Crippen LogP contribution in [0.3, 0.4) is 0 Å². The molecule has 1 aliphatic rings. The van der Waals surface area contributed by atoms with Crippen LogP contribution in [0.5, 0.6) is 0 Å². The van der Waals surface area contributed by atoms with Crippen LogP contribution in [0.15, 0.2) is 84.9 Å². The van der Waals surface area contributed by atoms with Crippen LogP contribution in [0.2, 0.25) is 0 Å². The number of hydrogen-bond acceptors (Lipinski definition) is 4. The maximum absolute atomic E-state index is 13.2. The van der Waals surface area contributed by atoms with Crippen LogP contribution in [-0.2, 0) is 9.47 Å². The Bertz CT molecular complexity index is 1210. The van der Waals surface area contributed by atoms with Crippen LogP contribution in [0.25, 0.3) is 21.5 Å². The fourth-order valence-electron chi connectivity index (χ4n) is 4.89. The smallest absolute Gasteiger partial charge is 0.339 e. The number of benzene rings is 4.